The fourth-order valence-electron chi connectivity index (χ4n) is 4.60. The lowest BCUT2D eigenvalue weighted by atomic mass is 10.3. The number of hydrogen-bond donors (Lipinski definition) is 0. The number of hydrogen-bond acceptors (Lipinski definition) is 12. The molecule has 2 aliphatic heterocycles. The van der Waals surface area contributed by atoms with Crippen molar-refractivity contribution in [3.05, 3.63) is 33.5 Å². The van der Waals surface area contributed by atoms with Gasteiger partial charge in [0.2, 0.25) is 0 Å². The summed E-state index contributed by atoms with van der Waals surface area (Å²) in [5.41, 5.74) is 3.35. The molecule has 2 aliphatic rings. The Labute approximate surface area is 234 Å². The molecule has 0 spiro atoms. The summed E-state index contributed by atoms with van der Waals surface area (Å²) in [6.45, 7) is 12.9. The van der Waals surface area contributed by atoms with Gasteiger partial charge in [0.1, 0.15) is 23.1 Å². The quantitative estimate of drug-likeness (QED) is 0.306. The van der Waals surface area contributed by atoms with Gasteiger partial charge in [-0.2, -0.15) is 10.2 Å². The van der Waals surface area contributed by atoms with Crippen molar-refractivity contribution in [2.24, 2.45) is 0 Å². The average molecular weight is 583 g/mol. The summed E-state index contributed by atoms with van der Waals surface area (Å²) in [4.78, 5) is 13.6. The molecule has 0 unspecified atom stereocenters. The molecule has 0 saturated heterocycles. The lowest BCUT2D eigenvalue weighted by Gasteiger charge is -2.16. The number of thioether (sulfide) groups is 4. The van der Waals surface area contributed by atoms with Gasteiger partial charge in [-0.25, -0.2) is 9.97 Å². The van der Waals surface area contributed by atoms with Gasteiger partial charge in [-0.3, -0.25) is 0 Å². The topological polar surface area (TPSA) is 105 Å². The predicted molar refractivity (Wildman–Crippen MR) is 150 cm³/mol. The van der Waals surface area contributed by atoms with Crippen molar-refractivity contribution >= 4 is 66.8 Å². The van der Waals surface area contributed by atoms with E-state index in [4.69, 9.17) is 9.47 Å². The molecule has 4 aromatic heterocycles. The van der Waals surface area contributed by atoms with Gasteiger partial charge in [0.15, 0.2) is 11.3 Å². The van der Waals surface area contributed by atoms with Crippen LogP contribution in [0.3, 0.4) is 0 Å². The van der Waals surface area contributed by atoms with Crippen molar-refractivity contribution in [1.29, 1.82) is 0 Å². The van der Waals surface area contributed by atoms with Gasteiger partial charge in [-0.1, -0.05) is 47.0 Å². The number of ether oxygens (including phenoxy) is 2. The fourth-order valence-corrected chi connectivity index (χ4v) is 10.4. The van der Waals surface area contributed by atoms with E-state index in [0.717, 1.165) is 72.7 Å². The molecular formula is C24H22N8O2S4. The van der Waals surface area contributed by atoms with Crippen molar-refractivity contribution < 1.29 is 9.47 Å². The molecule has 7 rings (SSSR count). The first kappa shape index (κ1) is 24.4. The second kappa shape index (κ2) is 8.93. The number of aromatic nitrogens is 8. The first-order chi connectivity index (χ1) is 18.4. The molecule has 0 saturated carbocycles. The highest BCUT2D eigenvalue weighted by Crippen LogP contribution is 2.68. The van der Waals surface area contributed by atoms with E-state index in [1.54, 1.807) is 56.3 Å². The number of fused-ring (bicyclic) bond motifs is 4. The number of rotatable bonds is 4. The van der Waals surface area contributed by atoms with E-state index in [1.165, 1.54) is 0 Å². The molecule has 194 valence electrons. The van der Waals surface area contributed by atoms with E-state index in [-0.39, 0.29) is 0 Å². The van der Waals surface area contributed by atoms with Crippen LogP contribution in [0.1, 0.15) is 36.9 Å². The molecular weight excluding hydrogens is 561 g/mol. The van der Waals surface area contributed by atoms with Crippen LogP contribution in [0, 0.1) is 27.7 Å². The second-order valence-electron chi connectivity index (χ2n) is 8.69. The lowest BCUT2D eigenvalue weighted by molar-refractivity contribution is 0.300. The van der Waals surface area contributed by atoms with E-state index in [1.807, 2.05) is 41.5 Å². The summed E-state index contributed by atoms with van der Waals surface area (Å²) in [6.07, 6.45) is 0. The summed E-state index contributed by atoms with van der Waals surface area (Å²) >= 11 is 6.78. The Balaban J connectivity index is 1.45. The molecule has 0 amide bonds. The van der Waals surface area contributed by atoms with Crippen LogP contribution in [-0.4, -0.2) is 52.8 Å². The third-order valence-electron chi connectivity index (χ3n) is 6.06. The molecule has 1 aromatic carbocycles. The molecule has 5 aromatic rings. The van der Waals surface area contributed by atoms with Crippen LogP contribution in [0.25, 0.3) is 19.8 Å². The first-order valence-corrected chi connectivity index (χ1v) is 15.3. The van der Waals surface area contributed by atoms with Crippen LogP contribution in [0.2, 0.25) is 0 Å². The van der Waals surface area contributed by atoms with Gasteiger partial charge in [0.25, 0.3) is 0 Å². The summed E-state index contributed by atoms with van der Waals surface area (Å²) in [6, 6.07) is 0. The Bertz CT molecular complexity index is 1740. The highest BCUT2D eigenvalue weighted by atomic mass is 32.2. The minimum atomic E-state index is 0.559. The van der Waals surface area contributed by atoms with Crippen molar-refractivity contribution in [3.8, 4) is 11.5 Å². The average Bonchev–Trinajstić information content (AvgIpc) is 3.67. The predicted octanol–water partition coefficient (Wildman–Crippen LogP) is 3.96. The minimum Gasteiger partial charge on any atom is -0.491 e. The van der Waals surface area contributed by atoms with Crippen LogP contribution in [0.4, 0.5) is 0 Å². The van der Waals surface area contributed by atoms with Gasteiger partial charge in [-0.05, 0) is 41.5 Å². The van der Waals surface area contributed by atoms with Crippen LogP contribution in [-0.2, 0) is 0 Å². The third-order valence-corrected chi connectivity index (χ3v) is 11.2. The maximum Gasteiger partial charge on any atom is 0.187 e. The van der Waals surface area contributed by atoms with Crippen molar-refractivity contribution in [3.63, 3.8) is 0 Å². The van der Waals surface area contributed by atoms with E-state index in [0.29, 0.717) is 24.9 Å². The number of aryl methyl sites for hydroxylation is 4. The molecule has 0 bridgehead atoms. The maximum absolute atomic E-state index is 6.35. The highest BCUT2D eigenvalue weighted by Gasteiger charge is 2.38. The smallest absolute Gasteiger partial charge is 0.187 e. The normalized spacial score (nSPS) is 14.8. The number of nitrogens with zero attached hydrogens (tertiary/aromatic N) is 8. The molecule has 38 heavy (non-hydrogen) atoms. The van der Waals surface area contributed by atoms with Crippen LogP contribution in [0.5, 0.6) is 11.5 Å². The zero-order chi connectivity index (χ0) is 26.3. The summed E-state index contributed by atoms with van der Waals surface area (Å²) in [5.74, 6) is 3.18. The standard InChI is InChI=1S/C24H22N8O2S4/c1-7-33-15-17-19(37-23(35-17)13-9(3)27-31-21(13)25-11(5)29-31)16(34-8-2)20-18(15)36-24(38-20)14-10(4)28-32-22(14)26-12(6)30-32/h7-8H2,1-6H3. The van der Waals surface area contributed by atoms with Crippen LogP contribution < -0.4 is 19.9 Å². The first-order valence-electron chi connectivity index (χ1n) is 12.1. The van der Waals surface area contributed by atoms with Crippen molar-refractivity contribution in [2.75, 3.05) is 13.2 Å². The Hall–Kier alpha value is -2.68. The Morgan fingerprint density at radius 1 is 0.579 bits per heavy atom. The molecule has 0 fully saturated rings. The molecule has 0 aliphatic carbocycles. The van der Waals surface area contributed by atoms with Gasteiger partial charge >= 0.3 is 0 Å². The van der Waals surface area contributed by atoms with Crippen molar-refractivity contribution in [1.82, 2.24) is 39.6 Å². The van der Waals surface area contributed by atoms with Gasteiger partial charge < -0.3 is 9.47 Å². The zero-order valence-electron chi connectivity index (χ0n) is 21.4. The van der Waals surface area contributed by atoms with E-state index in [2.05, 4.69) is 30.4 Å². The molecule has 0 radical (unpaired) electrons. The Kier molecular flexibility index (Phi) is 5.73. The van der Waals surface area contributed by atoms with E-state index < -0.39 is 0 Å². The minimum absolute atomic E-state index is 0.559. The summed E-state index contributed by atoms with van der Waals surface area (Å²) in [7, 11) is 0. The maximum atomic E-state index is 6.35. The van der Waals surface area contributed by atoms with E-state index >= 15 is 0 Å². The zero-order valence-corrected chi connectivity index (χ0v) is 24.7. The fraction of sp³-hybridized carbons (Fsp3) is 0.333. The number of benzene rings is 1. The summed E-state index contributed by atoms with van der Waals surface area (Å²) < 4.78 is 18.2. The molecule has 0 N–H and O–H groups in total. The largest absolute Gasteiger partial charge is 0.491 e. The summed E-state index contributed by atoms with van der Waals surface area (Å²) in [5, 5.41) is 20.0. The van der Waals surface area contributed by atoms with Crippen molar-refractivity contribution in [2.45, 2.75) is 61.1 Å². The Morgan fingerprint density at radius 2 is 0.947 bits per heavy atom. The Morgan fingerprint density at radius 3 is 1.29 bits per heavy atom. The monoisotopic (exact) mass is 582 g/mol. The second-order valence-corrected chi connectivity index (χ2v) is 13.3. The van der Waals surface area contributed by atoms with Crippen LogP contribution in [0.15, 0.2) is 19.6 Å². The van der Waals surface area contributed by atoms with Gasteiger partial charge in [0, 0.05) is 0 Å². The van der Waals surface area contributed by atoms with Gasteiger partial charge in [-0.15, -0.1) is 19.5 Å². The molecule has 0 atom stereocenters. The molecule has 6 heterocycles. The lowest BCUT2D eigenvalue weighted by Crippen LogP contribution is -2.05. The van der Waals surface area contributed by atoms with Gasteiger partial charge in [0.05, 0.1) is 63.1 Å². The third kappa shape index (κ3) is 3.53. The SMILES string of the molecule is CCOc1c2c(c(OCC)c3c1SC(=c1c(C)nn4nc(C)nc14)S3)SC(=c1c(C)nn3nc(C)nc13)S2. The molecule has 14 heteroatoms. The highest BCUT2D eigenvalue weighted by molar-refractivity contribution is 8.33. The van der Waals surface area contributed by atoms with E-state index in [9.17, 15) is 0 Å². The molecule has 10 nitrogen and oxygen atoms in total. The van der Waals surface area contributed by atoms with Crippen LogP contribution >= 0.6 is 47.0 Å².